The normalized spacial score (nSPS) is 12.4. The number of rotatable bonds is 3. The molecule has 2 rings (SSSR count). The minimum absolute atomic E-state index is 0.154. The van der Waals surface area contributed by atoms with Crippen molar-refractivity contribution in [1.29, 1.82) is 0 Å². The minimum Gasteiger partial charge on any atom is -0.207 e. The first-order chi connectivity index (χ1) is 8.58. The van der Waals surface area contributed by atoms with E-state index in [9.17, 15) is 8.78 Å². The minimum atomic E-state index is -0.549. The van der Waals surface area contributed by atoms with E-state index >= 15 is 0 Å². The molecule has 0 nitrogen and oxygen atoms in total. The molecule has 0 spiro atoms. The summed E-state index contributed by atoms with van der Waals surface area (Å²) < 4.78 is 26.5. The summed E-state index contributed by atoms with van der Waals surface area (Å²) in [6.07, 6.45) is 0.676. The Balaban J connectivity index is 2.22. The molecule has 0 aromatic heterocycles. The summed E-state index contributed by atoms with van der Waals surface area (Å²) in [6, 6.07) is 11.7. The molecule has 18 heavy (non-hydrogen) atoms. The van der Waals surface area contributed by atoms with Crippen LogP contribution >= 0.6 is 15.9 Å². The van der Waals surface area contributed by atoms with Crippen molar-refractivity contribution in [1.82, 2.24) is 0 Å². The summed E-state index contributed by atoms with van der Waals surface area (Å²) in [7, 11) is 0. The van der Waals surface area contributed by atoms with E-state index in [0.717, 1.165) is 11.6 Å². The molecule has 0 aliphatic heterocycles. The maximum absolute atomic E-state index is 13.6. The van der Waals surface area contributed by atoms with Gasteiger partial charge >= 0.3 is 0 Å². The highest BCUT2D eigenvalue weighted by atomic mass is 79.9. The molecule has 0 heterocycles. The summed E-state index contributed by atoms with van der Waals surface area (Å²) in [5.41, 5.74) is 2.81. The highest BCUT2D eigenvalue weighted by Gasteiger charge is 2.14. The molecule has 94 valence electrons. The van der Waals surface area contributed by atoms with E-state index in [4.69, 9.17) is 0 Å². The van der Waals surface area contributed by atoms with Gasteiger partial charge in [0.05, 0.1) is 0 Å². The Hall–Kier alpha value is -1.22. The van der Waals surface area contributed by atoms with Crippen molar-refractivity contribution in [2.45, 2.75) is 18.2 Å². The molecule has 0 saturated carbocycles. The van der Waals surface area contributed by atoms with Crippen LogP contribution in [0.15, 0.2) is 42.5 Å². The molecule has 1 unspecified atom stereocenters. The summed E-state index contributed by atoms with van der Waals surface area (Å²) in [5, 5.41) is 0. The lowest BCUT2D eigenvalue weighted by Crippen LogP contribution is -2.00. The first kappa shape index (κ1) is 13.2. The average molecular weight is 311 g/mol. The van der Waals surface area contributed by atoms with Gasteiger partial charge in [0.1, 0.15) is 11.6 Å². The molecule has 2 aromatic carbocycles. The lowest BCUT2D eigenvalue weighted by atomic mass is 10.0. The third-order valence-corrected chi connectivity index (χ3v) is 3.78. The molecule has 1 atom stereocenters. The zero-order chi connectivity index (χ0) is 13.1. The molecule has 0 aliphatic carbocycles. The third kappa shape index (κ3) is 2.96. The van der Waals surface area contributed by atoms with Crippen LogP contribution < -0.4 is 0 Å². The second-order valence-corrected chi connectivity index (χ2v) is 5.37. The zero-order valence-corrected chi connectivity index (χ0v) is 11.5. The maximum Gasteiger partial charge on any atom is 0.130 e. The van der Waals surface area contributed by atoms with Gasteiger partial charge in [-0.3, -0.25) is 0 Å². The van der Waals surface area contributed by atoms with Crippen LogP contribution in [0.1, 0.15) is 21.5 Å². The second-order valence-electron chi connectivity index (χ2n) is 4.26. The van der Waals surface area contributed by atoms with E-state index in [2.05, 4.69) is 15.9 Å². The van der Waals surface area contributed by atoms with E-state index in [1.807, 2.05) is 31.2 Å². The predicted octanol–water partition coefficient (Wildman–Crippen LogP) is 4.95. The smallest absolute Gasteiger partial charge is 0.130 e. The van der Waals surface area contributed by atoms with Crippen LogP contribution in [-0.4, -0.2) is 0 Å². The molecule has 0 radical (unpaired) electrons. The molecule has 0 aliphatic rings. The van der Waals surface area contributed by atoms with Crippen molar-refractivity contribution in [2.75, 3.05) is 0 Å². The summed E-state index contributed by atoms with van der Waals surface area (Å²) in [4.78, 5) is -0.154. The Morgan fingerprint density at radius 2 is 1.83 bits per heavy atom. The van der Waals surface area contributed by atoms with E-state index in [1.165, 1.54) is 17.7 Å². The second kappa shape index (κ2) is 5.61. The highest BCUT2D eigenvalue weighted by molar-refractivity contribution is 9.09. The lowest BCUT2D eigenvalue weighted by Gasteiger charge is -2.13. The standard InChI is InChI=1S/C15H13BrF2/c1-10-4-2-3-5-11(10)8-14(16)13-7-6-12(17)9-15(13)18/h2-7,9,14H,8H2,1H3. The van der Waals surface area contributed by atoms with Gasteiger partial charge in [-0.05, 0) is 30.5 Å². The Labute approximate surface area is 114 Å². The average Bonchev–Trinajstić information content (AvgIpc) is 2.32. The van der Waals surface area contributed by atoms with Gasteiger partial charge in [-0.15, -0.1) is 0 Å². The Kier molecular flexibility index (Phi) is 4.12. The first-order valence-corrected chi connectivity index (χ1v) is 6.63. The highest BCUT2D eigenvalue weighted by Crippen LogP contribution is 2.30. The fraction of sp³-hybridized carbons (Fsp3) is 0.200. The fourth-order valence-corrected chi connectivity index (χ4v) is 2.62. The SMILES string of the molecule is Cc1ccccc1CC(Br)c1ccc(F)cc1F. The van der Waals surface area contributed by atoms with Gasteiger partial charge in [-0.25, -0.2) is 8.78 Å². The van der Waals surface area contributed by atoms with Gasteiger partial charge in [0.25, 0.3) is 0 Å². The summed E-state index contributed by atoms with van der Waals surface area (Å²) in [5.74, 6) is -1.06. The van der Waals surface area contributed by atoms with Gasteiger partial charge in [0, 0.05) is 16.5 Å². The van der Waals surface area contributed by atoms with Gasteiger partial charge in [0.15, 0.2) is 0 Å². The van der Waals surface area contributed by atoms with Crippen molar-refractivity contribution in [2.24, 2.45) is 0 Å². The van der Waals surface area contributed by atoms with Crippen LogP contribution in [0.2, 0.25) is 0 Å². The van der Waals surface area contributed by atoms with E-state index in [0.29, 0.717) is 12.0 Å². The van der Waals surface area contributed by atoms with Crippen LogP contribution in [0.4, 0.5) is 8.78 Å². The van der Waals surface area contributed by atoms with Crippen molar-refractivity contribution in [3.63, 3.8) is 0 Å². The molecule has 0 amide bonds. The van der Waals surface area contributed by atoms with Gasteiger partial charge < -0.3 is 0 Å². The fourth-order valence-electron chi connectivity index (χ4n) is 1.90. The monoisotopic (exact) mass is 310 g/mol. The van der Waals surface area contributed by atoms with Crippen molar-refractivity contribution < 1.29 is 8.78 Å². The Bertz CT molecular complexity index is 552. The van der Waals surface area contributed by atoms with Gasteiger partial charge in [-0.2, -0.15) is 0 Å². The topological polar surface area (TPSA) is 0 Å². The molecule has 0 N–H and O–H groups in total. The molecule has 3 heteroatoms. The van der Waals surface area contributed by atoms with Crippen molar-refractivity contribution in [3.05, 3.63) is 70.8 Å². The van der Waals surface area contributed by atoms with Gasteiger partial charge in [-0.1, -0.05) is 46.3 Å². The lowest BCUT2D eigenvalue weighted by molar-refractivity contribution is 0.571. The first-order valence-electron chi connectivity index (χ1n) is 5.71. The van der Waals surface area contributed by atoms with Crippen LogP contribution in [0.25, 0.3) is 0 Å². The molecule has 2 aromatic rings. The Morgan fingerprint density at radius 3 is 2.50 bits per heavy atom. The molecule has 0 fully saturated rings. The molecular weight excluding hydrogens is 298 g/mol. The van der Waals surface area contributed by atoms with E-state index in [1.54, 1.807) is 0 Å². The number of aryl methyl sites for hydroxylation is 1. The largest absolute Gasteiger partial charge is 0.207 e. The van der Waals surface area contributed by atoms with E-state index in [-0.39, 0.29) is 4.83 Å². The number of benzene rings is 2. The molecule has 0 saturated heterocycles. The number of hydrogen-bond acceptors (Lipinski definition) is 0. The Morgan fingerprint density at radius 1 is 1.11 bits per heavy atom. The van der Waals surface area contributed by atoms with Crippen LogP contribution in [0.3, 0.4) is 0 Å². The summed E-state index contributed by atoms with van der Waals surface area (Å²) >= 11 is 3.47. The molecule has 0 bridgehead atoms. The number of halogens is 3. The predicted molar refractivity (Wildman–Crippen MR) is 72.9 cm³/mol. The molecular formula is C15H13BrF2. The van der Waals surface area contributed by atoms with Crippen molar-refractivity contribution >= 4 is 15.9 Å². The number of alkyl halides is 1. The van der Waals surface area contributed by atoms with Gasteiger partial charge in [0.2, 0.25) is 0 Å². The third-order valence-electron chi connectivity index (χ3n) is 2.96. The van der Waals surface area contributed by atoms with E-state index < -0.39 is 11.6 Å². The quantitative estimate of drug-likeness (QED) is 0.703. The zero-order valence-electron chi connectivity index (χ0n) is 9.96. The van der Waals surface area contributed by atoms with Crippen LogP contribution in [-0.2, 0) is 6.42 Å². The summed E-state index contributed by atoms with van der Waals surface area (Å²) in [6.45, 7) is 2.02. The van der Waals surface area contributed by atoms with Crippen LogP contribution in [0.5, 0.6) is 0 Å². The maximum atomic E-state index is 13.6. The van der Waals surface area contributed by atoms with Crippen molar-refractivity contribution in [3.8, 4) is 0 Å². The van der Waals surface area contributed by atoms with Crippen LogP contribution in [0, 0.1) is 18.6 Å². The number of hydrogen-bond donors (Lipinski definition) is 0.